The van der Waals surface area contributed by atoms with Crippen molar-refractivity contribution < 1.29 is 19.4 Å². The van der Waals surface area contributed by atoms with Crippen molar-refractivity contribution in [2.75, 3.05) is 31.6 Å². The van der Waals surface area contributed by atoms with Crippen LogP contribution in [0.3, 0.4) is 0 Å². The summed E-state index contributed by atoms with van der Waals surface area (Å²) in [6.07, 6.45) is 11.3. The maximum atomic E-state index is 13.4. The molecule has 2 heterocycles. The van der Waals surface area contributed by atoms with Crippen LogP contribution in [0.5, 0.6) is 5.75 Å². The summed E-state index contributed by atoms with van der Waals surface area (Å²) >= 11 is 6.30. The Morgan fingerprint density at radius 2 is 1.79 bits per heavy atom. The van der Waals surface area contributed by atoms with Gasteiger partial charge in [0.2, 0.25) is 5.91 Å². The van der Waals surface area contributed by atoms with Crippen LogP contribution in [-0.2, 0) is 28.0 Å². The number of rotatable bonds is 1. The number of nitrogens with zero attached hydrogens (tertiary/aromatic N) is 2. The first kappa shape index (κ1) is 29.0. The number of ether oxygens (including phenoxy) is 1. The molecule has 0 saturated heterocycles. The average Bonchev–Trinajstić information content (AvgIpc) is 2.95. The number of benzene rings is 2. The van der Waals surface area contributed by atoms with Crippen LogP contribution in [0.4, 0.5) is 5.69 Å². The SMILES string of the molecule is C[C@@H]1C(=O)N(C)C/C=C\CCCCCN2CCCCc3cc(Cl)ccc3COc3ccc(cc32)[C@@]1(C)C(=O)O. The van der Waals surface area contributed by atoms with Crippen molar-refractivity contribution >= 4 is 29.2 Å². The average molecular weight is 553 g/mol. The zero-order valence-electron chi connectivity index (χ0n) is 23.4. The first-order valence-electron chi connectivity index (χ1n) is 14.1. The van der Waals surface area contributed by atoms with Crippen LogP contribution in [-0.4, -0.2) is 48.6 Å². The lowest BCUT2D eigenvalue weighted by atomic mass is 9.71. The minimum atomic E-state index is -1.40. The van der Waals surface area contributed by atoms with Gasteiger partial charge >= 0.3 is 5.97 Å². The summed E-state index contributed by atoms with van der Waals surface area (Å²) in [6, 6.07) is 11.6. The Hall–Kier alpha value is -2.99. The van der Waals surface area contributed by atoms with E-state index >= 15 is 0 Å². The number of carboxylic acids is 1. The molecular weight excluding hydrogens is 512 g/mol. The Labute approximate surface area is 237 Å². The molecular formula is C32H41ClN2O4. The van der Waals surface area contributed by atoms with Gasteiger partial charge in [-0.2, -0.15) is 0 Å². The molecule has 1 amide bonds. The monoisotopic (exact) mass is 552 g/mol. The van der Waals surface area contributed by atoms with Crippen LogP contribution in [0.1, 0.15) is 69.1 Å². The molecule has 7 heteroatoms. The number of carboxylic acid groups (broad SMARTS) is 1. The van der Waals surface area contributed by atoms with Crippen molar-refractivity contribution in [3.63, 3.8) is 0 Å². The number of halogens is 1. The van der Waals surface area contributed by atoms with Gasteiger partial charge in [0, 0.05) is 31.7 Å². The van der Waals surface area contributed by atoms with Gasteiger partial charge in [0.15, 0.2) is 0 Å². The lowest BCUT2D eigenvalue weighted by molar-refractivity contribution is -0.151. The van der Waals surface area contributed by atoms with Crippen molar-refractivity contribution in [3.8, 4) is 5.75 Å². The molecule has 4 rings (SSSR count). The highest BCUT2D eigenvalue weighted by Crippen LogP contribution is 2.40. The standard InChI is InChI=1S/C32H41ClN2O4/c1-23-30(36)34(3)17-9-6-4-5-7-10-18-35-19-11-8-12-24-20-27(33)15-13-25(24)22-39-29-16-14-26(21-28(29)35)32(23,2)31(37)38/h6,9,13-16,20-21,23H,4-5,7-8,10-12,17-19,22H2,1-3H3,(H,37,38)/b9-6-/t23-,32+/m1/s1. The summed E-state index contributed by atoms with van der Waals surface area (Å²) in [5, 5.41) is 11.2. The summed E-state index contributed by atoms with van der Waals surface area (Å²) in [6.45, 7) is 5.99. The number of carbonyl (C=O) groups is 2. The molecule has 0 fully saturated rings. The van der Waals surface area contributed by atoms with Crippen LogP contribution in [0.2, 0.25) is 5.02 Å². The molecule has 2 aromatic rings. The van der Waals surface area contributed by atoms with Gasteiger partial charge in [-0.05, 0) is 86.4 Å². The van der Waals surface area contributed by atoms with Crippen molar-refractivity contribution in [1.82, 2.24) is 4.90 Å². The minimum absolute atomic E-state index is 0.184. The van der Waals surface area contributed by atoms with E-state index in [-0.39, 0.29) is 5.91 Å². The smallest absolute Gasteiger partial charge is 0.314 e. The fraction of sp³-hybridized carbons (Fsp3) is 0.500. The molecule has 6 nitrogen and oxygen atoms in total. The van der Waals surface area contributed by atoms with Gasteiger partial charge in [0.25, 0.3) is 0 Å². The number of carbonyl (C=O) groups excluding carboxylic acids is 1. The highest BCUT2D eigenvalue weighted by Gasteiger charge is 2.45. The van der Waals surface area contributed by atoms with Crippen LogP contribution in [0.25, 0.3) is 0 Å². The van der Waals surface area contributed by atoms with E-state index in [4.69, 9.17) is 16.3 Å². The highest BCUT2D eigenvalue weighted by molar-refractivity contribution is 6.30. The van der Waals surface area contributed by atoms with Crippen molar-refractivity contribution in [2.24, 2.45) is 5.92 Å². The number of fused-ring (bicyclic) bond motifs is 2. The fourth-order valence-electron chi connectivity index (χ4n) is 5.62. The van der Waals surface area contributed by atoms with Gasteiger partial charge in [-0.15, -0.1) is 0 Å². The Bertz CT molecular complexity index is 1210. The number of aryl methyl sites for hydroxylation is 1. The third kappa shape index (κ3) is 6.60. The zero-order chi connectivity index (χ0) is 28.0. The summed E-state index contributed by atoms with van der Waals surface area (Å²) in [5.74, 6) is -1.22. The first-order valence-corrected chi connectivity index (χ1v) is 14.5. The van der Waals surface area contributed by atoms with E-state index in [2.05, 4.69) is 11.0 Å². The predicted molar refractivity (Wildman–Crippen MR) is 157 cm³/mol. The molecule has 2 aliphatic rings. The van der Waals surface area contributed by atoms with E-state index in [1.54, 1.807) is 25.8 Å². The summed E-state index contributed by atoms with van der Waals surface area (Å²) in [5.41, 5.74) is 2.44. The van der Waals surface area contributed by atoms with E-state index in [0.717, 1.165) is 80.1 Å². The third-order valence-electron chi connectivity index (χ3n) is 8.48. The van der Waals surface area contributed by atoms with Crippen LogP contribution >= 0.6 is 11.6 Å². The number of hydrogen-bond acceptors (Lipinski definition) is 4. The summed E-state index contributed by atoms with van der Waals surface area (Å²) in [7, 11) is 1.74. The molecule has 2 aromatic carbocycles. The molecule has 0 radical (unpaired) electrons. The van der Waals surface area contributed by atoms with Gasteiger partial charge in [0.1, 0.15) is 17.8 Å². The fourth-order valence-corrected chi connectivity index (χ4v) is 5.82. The lowest BCUT2D eigenvalue weighted by Crippen LogP contribution is -2.47. The second-order valence-electron chi connectivity index (χ2n) is 11.1. The summed E-state index contributed by atoms with van der Waals surface area (Å²) < 4.78 is 6.43. The number of anilines is 1. The normalized spacial score (nSPS) is 24.2. The van der Waals surface area contributed by atoms with Gasteiger partial charge < -0.3 is 19.6 Å². The van der Waals surface area contributed by atoms with Gasteiger partial charge in [0.05, 0.1) is 11.6 Å². The molecule has 0 spiro atoms. The topological polar surface area (TPSA) is 70.1 Å². The number of aliphatic carboxylic acids is 1. The predicted octanol–water partition coefficient (Wildman–Crippen LogP) is 6.63. The first-order chi connectivity index (χ1) is 18.7. The van der Waals surface area contributed by atoms with Gasteiger partial charge in [-0.25, -0.2) is 0 Å². The van der Waals surface area contributed by atoms with E-state index in [1.807, 2.05) is 42.5 Å². The van der Waals surface area contributed by atoms with E-state index in [9.17, 15) is 14.7 Å². The van der Waals surface area contributed by atoms with Crippen LogP contribution < -0.4 is 9.64 Å². The molecule has 210 valence electrons. The molecule has 0 aromatic heterocycles. The Balaban J connectivity index is 1.79. The molecule has 2 bridgehead atoms. The molecule has 0 aliphatic carbocycles. The van der Waals surface area contributed by atoms with Gasteiger partial charge in [-0.1, -0.05) is 49.2 Å². The number of amides is 1. The van der Waals surface area contributed by atoms with Gasteiger partial charge in [-0.3, -0.25) is 9.59 Å². The third-order valence-corrected chi connectivity index (χ3v) is 8.71. The Morgan fingerprint density at radius 3 is 2.56 bits per heavy atom. The van der Waals surface area contributed by atoms with Crippen LogP contribution in [0, 0.1) is 5.92 Å². The maximum absolute atomic E-state index is 13.4. The quantitative estimate of drug-likeness (QED) is 0.402. The second kappa shape index (κ2) is 12.9. The van der Waals surface area contributed by atoms with Crippen molar-refractivity contribution in [2.45, 2.75) is 70.8 Å². The second-order valence-corrected chi connectivity index (χ2v) is 11.5. The van der Waals surface area contributed by atoms with Crippen molar-refractivity contribution in [3.05, 3.63) is 70.3 Å². The molecule has 0 saturated carbocycles. The number of hydrogen-bond donors (Lipinski definition) is 1. The highest BCUT2D eigenvalue weighted by atomic mass is 35.5. The van der Waals surface area contributed by atoms with E-state index in [1.165, 1.54) is 5.56 Å². The minimum Gasteiger partial charge on any atom is -0.487 e. The molecule has 2 aliphatic heterocycles. The lowest BCUT2D eigenvalue weighted by Gasteiger charge is -2.35. The largest absolute Gasteiger partial charge is 0.487 e. The van der Waals surface area contributed by atoms with Crippen LogP contribution in [0.15, 0.2) is 48.6 Å². The Morgan fingerprint density at radius 1 is 1.03 bits per heavy atom. The number of allylic oxidation sites excluding steroid dienone is 1. The molecule has 0 unspecified atom stereocenters. The van der Waals surface area contributed by atoms with E-state index in [0.29, 0.717) is 18.7 Å². The number of likely N-dealkylation sites (N-methyl/N-ethyl adjacent to an activating group) is 1. The maximum Gasteiger partial charge on any atom is 0.314 e. The zero-order valence-corrected chi connectivity index (χ0v) is 24.2. The summed E-state index contributed by atoms with van der Waals surface area (Å²) in [4.78, 5) is 30.2. The van der Waals surface area contributed by atoms with Crippen molar-refractivity contribution in [1.29, 1.82) is 0 Å². The molecule has 2 atom stereocenters. The Kier molecular flexibility index (Phi) is 9.60. The molecule has 1 N–H and O–H groups in total. The molecule has 39 heavy (non-hydrogen) atoms. The van der Waals surface area contributed by atoms with E-state index < -0.39 is 17.3 Å².